The van der Waals surface area contributed by atoms with Gasteiger partial charge in [0, 0.05) is 28.9 Å². The van der Waals surface area contributed by atoms with Crippen molar-refractivity contribution in [3.8, 4) is 11.3 Å². The summed E-state index contributed by atoms with van der Waals surface area (Å²) in [6.45, 7) is 8.90. The van der Waals surface area contributed by atoms with Crippen molar-refractivity contribution in [3.63, 3.8) is 0 Å². The highest BCUT2D eigenvalue weighted by atomic mass is 16.2. The quantitative estimate of drug-likeness (QED) is 0.280. The Bertz CT molecular complexity index is 1270. The van der Waals surface area contributed by atoms with E-state index in [9.17, 15) is 4.79 Å². The van der Waals surface area contributed by atoms with Crippen LogP contribution < -0.4 is 0 Å². The summed E-state index contributed by atoms with van der Waals surface area (Å²) in [6.07, 6.45) is 2.25. The van der Waals surface area contributed by atoms with Crippen molar-refractivity contribution in [1.29, 1.82) is 0 Å². The molecule has 36 heavy (non-hydrogen) atoms. The van der Waals surface area contributed by atoms with Crippen LogP contribution in [0.25, 0.3) is 11.3 Å². The topological polar surface area (TPSA) is 34.9 Å². The second kappa shape index (κ2) is 10.3. The Morgan fingerprint density at radius 2 is 1.33 bits per heavy atom. The van der Waals surface area contributed by atoms with Crippen molar-refractivity contribution in [2.75, 3.05) is 0 Å². The minimum Gasteiger partial charge on any atom is -0.272 e. The van der Waals surface area contributed by atoms with Gasteiger partial charge in [0.2, 0.25) is 0 Å². The van der Waals surface area contributed by atoms with E-state index in [1.165, 1.54) is 5.56 Å². The predicted octanol–water partition coefficient (Wildman–Crippen LogP) is 8.30. The highest BCUT2D eigenvalue weighted by molar-refractivity contribution is 5.87. The van der Waals surface area contributed by atoms with E-state index >= 15 is 0 Å². The number of fused-ring (bicyclic) bond motifs is 1. The summed E-state index contributed by atoms with van der Waals surface area (Å²) >= 11 is 0. The fourth-order valence-electron chi connectivity index (χ4n) is 6.03. The Morgan fingerprint density at radius 1 is 0.806 bits per heavy atom. The van der Waals surface area contributed by atoms with E-state index in [2.05, 4.69) is 100 Å². The van der Waals surface area contributed by atoms with Gasteiger partial charge in [-0.15, -0.1) is 0 Å². The molecule has 0 N–H and O–H groups in total. The van der Waals surface area contributed by atoms with E-state index in [-0.39, 0.29) is 17.7 Å². The van der Waals surface area contributed by atoms with E-state index in [0.29, 0.717) is 17.8 Å². The standard InChI is InChI=1S/C33H36N2O/c1-22(2)28-21-20-23(3)29-31(28)34-35(32(29)27-18-12-7-13-19-27)33(36)24(4)30(25-14-8-5-9-15-25)26-16-10-6-11-17-26/h5-19,22-24,28,30H,20-21H2,1-4H3/t23-,24+,28-/m1/s1. The molecule has 0 aliphatic heterocycles. The third-order valence-corrected chi connectivity index (χ3v) is 7.97. The van der Waals surface area contributed by atoms with Crippen LogP contribution in [0.15, 0.2) is 91.0 Å². The van der Waals surface area contributed by atoms with Crippen LogP contribution in [0.5, 0.6) is 0 Å². The van der Waals surface area contributed by atoms with Crippen LogP contribution in [-0.2, 0) is 0 Å². The minimum absolute atomic E-state index is 0.0515. The number of carbonyl (C=O) groups is 1. The van der Waals surface area contributed by atoms with Crippen LogP contribution in [-0.4, -0.2) is 15.7 Å². The van der Waals surface area contributed by atoms with Gasteiger partial charge in [0.05, 0.1) is 11.4 Å². The molecule has 184 valence electrons. The first-order chi connectivity index (χ1) is 17.5. The molecule has 1 heterocycles. The van der Waals surface area contributed by atoms with Gasteiger partial charge in [0.15, 0.2) is 0 Å². The highest BCUT2D eigenvalue weighted by Gasteiger charge is 2.37. The molecule has 4 aromatic rings. The lowest BCUT2D eigenvalue weighted by atomic mass is 9.75. The highest BCUT2D eigenvalue weighted by Crippen LogP contribution is 2.46. The second-order valence-corrected chi connectivity index (χ2v) is 10.7. The maximum absolute atomic E-state index is 14.4. The molecular formula is C33H36N2O. The lowest BCUT2D eigenvalue weighted by Crippen LogP contribution is -2.27. The average molecular weight is 477 g/mol. The van der Waals surface area contributed by atoms with Crippen molar-refractivity contribution in [2.45, 2.75) is 58.3 Å². The molecule has 3 heteroatoms. The molecule has 1 aliphatic rings. The van der Waals surface area contributed by atoms with Crippen molar-refractivity contribution < 1.29 is 4.79 Å². The molecule has 0 bridgehead atoms. The number of nitrogens with zero attached hydrogens (tertiary/aromatic N) is 2. The van der Waals surface area contributed by atoms with Gasteiger partial charge >= 0.3 is 0 Å². The van der Waals surface area contributed by atoms with Crippen LogP contribution in [0.4, 0.5) is 0 Å². The Morgan fingerprint density at radius 3 is 1.86 bits per heavy atom. The van der Waals surface area contributed by atoms with Gasteiger partial charge < -0.3 is 0 Å². The number of benzene rings is 3. The summed E-state index contributed by atoms with van der Waals surface area (Å²) in [5.74, 6) is 0.950. The van der Waals surface area contributed by atoms with Crippen LogP contribution in [0, 0.1) is 11.8 Å². The number of hydrogen-bond acceptors (Lipinski definition) is 2. The summed E-state index contributed by atoms with van der Waals surface area (Å²) in [6, 6.07) is 31.2. The van der Waals surface area contributed by atoms with Gasteiger partial charge in [-0.05, 0) is 35.8 Å². The molecule has 0 saturated carbocycles. The molecule has 0 saturated heterocycles. The molecule has 0 spiro atoms. The summed E-state index contributed by atoms with van der Waals surface area (Å²) in [4.78, 5) is 14.4. The normalized spacial score (nSPS) is 18.3. The molecule has 0 amide bonds. The van der Waals surface area contributed by atoms with Gasteiger partial charge in [-0.3, -0.25) is 4.79 Å². The molecule has 1 aliphatic carbocycles. The van der Waals surface area contributed by atoms with Crippen molar-refractivity contribution in [1.82, 2.24) is 9.78 Å². The van der Waals surface area contributed by atoms with Gasteiger partial charge in [0.1, 0.15) is 0 Å². The fraction of sp³-hybridized carbons (Fsp3) is 0.333. The van der Waals surface area contributed by atoms with Gasteiger partial charge in [0.25, 0.3) is 5.91 Å². The second-order valence-electron chi connectivity index (χ2n) is 10.7. The summed E-state index contributed by atoms with van der Waals surface area (Å²) in [7, 11) is 0. The molecule has 3 aromatic carbocycles. The first kappa shape index (κ1) is 24.2. The summed E-state index contributed by atoms with van der Waals surface area (Å²) in [5, 5.41) is 5.14. The summed E-state index contributed by atoms with van der Waals surface area (Å²) < 4.78 is 1.76. The molecular weight excluding hydrogens is 440 g/mol. The number of rotatable bonds is 6. The molecule has 0 fully saturated rings. The Labute approximate surface area is 215 Å². The lowest BCUT2D eigenvalue weighted by molar-refractivity contribution is 0.0818. The van der Waals surface area contributed by atoms with Crippen LogP contribution in [0.1, 0.15) is 85.5 Å². The maximum Gasteiger partial charge on any atom is 0.251 e. The van der Waals surface area contributed by atoms with Gasteiger partial charge in [-0.25, -0.2) is 0 Å². The largest absolute Gasteiger partial charge is 0.272 e. The number of hydrogen-bond donors (Lipinski definition) is 0. The van der Waals surface area contributed by atoms with Crippen molar-refractivity contribution in [3.05, 3.63) is 113 Å². The van der Waals surface area contributed by atoms with E-state index < -0.39 is 0 Å². The average Bonchev–Trinajstić information content (AvgIpc) is 3.31. The zero-order valence-electron chi connectivity index (χ0n) is 21.8. The molecule has 3 nitrogen and oxygen atoms in total. The third-order valence-electron chi connectivity index (χ3n) is 7.97. The van der Waals surface area contributed by atoms with Gasteiger partial charge in [-0.2, -0.15) is 9.78 Å². The van der Waals surface area contributed by atoms with E-state index in [0.717, 1.165) is 40.9 Å². The van der Waals surface area contributed by atoms with E-state index in [4.69, 9.17) is 5.10 Å². The predicted molar refractivity (Wildman–Crippen MR) is 147 cm³/mol. The number of aromatic nitrogens is 2. The zero-order chi connectivity index (χ0) is 25.2. The third kappa shape index (κ3) is 4.43. The first-order valence-corrected chi connectivity index (χ1v) is 13.3. The monoisotopic (exact) mass is 476 g/mol. The van der Waals surface area contributed by atoms with Crippen LogP contribution >= 0.6 is 0 Å². The Kier molecular flexibility index (Phi) is 6.91. The van der Waals surface area contributed by atoms with Crippen molar-refractivity contribution in [2.24, 2.45) is 11.8 Å². The van der Waals surface area contributed by atoms with Gasteiger partial charge in [-0.1, -0.05) is 119 Å². The fourth-order valence-corrected chi connectivity index (χ4v) is 6.03. The van der Waals surface area contributed by atoms with Crippen molar-refractivity contribution >= 4 is 5.91 Å². The van der Waals surface area contributed by atoms with E-state index in [1.54, 1.807) is 4.68 Å². The smallest absolute Gasteiger partial charge is 0.251 e. The first-order valence-electron chi connectivity index (χ1n) is 13.3. The minimum atomic E-state index is -0.286. The molecule has 1 aromatic heterocycles. The number of carbonyl (C=O) groups excluding carboxylic acids is 1. The Hall–Kier alpha value is -3.46. The molecule has 0 unspecified atom stereocenters. The molecule has 5 rings (SSSR count). The molecule has 3 atom stereocenters. The van der Waals surface area contributed by atoms with Crippen LogP contribution in [0.3, 0.4) is 0 Å². The van der Waals surface area contributed by atoms with Crippen LogP contribution in [0.2, 0.25) is 0 Å². The lowest BCUT2D eigenvalue weighted by Gasteiger charge is -2.29. The SMILES string of the molecule is CC(C)[C@H]1CC[C@@H](C)c2c1nn(C(=O)[C@@H](C)C(c1ccccc1)c1ccccc1)c2-c1ccccc1. The zero-order valence-corrected chi connectivity index (χ0v) is 21.8. The molecule has 0 radical (unpaired) electrons. The summed E-state index contributed by atoms with van der Waals surface area (Å²) in [5.41, 5.74) is 6.74. The maximum atomic E-state index is 14.4. The Balaban J connectivity index is 1.67. The van der Waals surface area contributed by atoms with E-state index in [1.807, 2.05) is 18.2 Å².